The topological polar surface area (TPSA) is 159 Å². The summed E-state index contributed by atoms with van der Waals surface area (Å²) in [5, 5.41) is 1.00. The zero-order chi connectivity index (χ0) is 12.4. The van der Waals surface area contributed by atoms with Crippen molar-refractivity contribution in [3.05, 3.63) is 6.33 Å². The number of hydrogen-bond donors (Lipinski definition) is 3. The quantitative estimate of drug-likeness (QED) is 0.530. The maximum atomic E-state index is 10.6. The summed E-state index contributed by atoms with van der Waals surface area (Å²) in [5.41, 5.74) is 0. The van der Waals surface area contributed by atoms with Crippen LogP contribution < -0.4 is 5.32 Å². The first kappa shape index (κ1) is 12.7. The zero-order valence-electron chi connectivity index (χ0n) is 7.39. The van der Waals surface area contributed by atoms with Gasteiger partial charge >= 0.3 is 10.1 Å². The van der Waals surface area contributed by atoms with Crippen LogP contribution in [0.4, 0.5) is 5.95 Å². The summed E-state index contributed by atoms with van der Waals surface area (Å²) in [7, 11) is -8.93. The van der Waals surface area contributed by atoms with E-state index in [1.54, 1.807) is 0 Å². The Morgan fingerprint density at radius 3 is 2.31 bits per heavy atom. The molecule has 3 N–H and O–H groups in total. The molecule has 12 heteroatoms. The van der Waals surface area contributed by atoms with Crippen molar-refractivity contribution in [1.29, 1.82) is 0 Å². The van der Waals surface area contributed by atoms with Crippen LogP contribution in [0.2, 0.25) is 0 Å². The summed E-state index contributed by atoms with van der Waals surface area (Å²) in [4.78, 5) is 9.43. The Morgan fingerprint density at radius 2 is 1.81 bits per heavy atom. The van der Waals surface area contributed by atoms with Gasteiger partial charge in [0.05, 0.1) is 0 Å². The lowest BCUT2D eigenvalue weighted by atomic mass is 10.9. The van der Waals surface area contributed by atoms with Crippen LogP contribution in [0.1, 0.15) is 0 Å². The molecule has 1 heterocycles. The van der Waals surface area contributed by atoms with Crippen LogP contribution in [0.5, 0.6) is 0 Å². The Balaban J connectivity index is 2.92. The number of nitrogens with one attached hydrogen (secondary N) is 1. The van der Waals surface area contributed by atoms with Gasteiger partial charge in [-0.15, -0.1) is 0 Å². The molecule has 10 nitrogen and oxygen atoms in total. The molecule has 1 rings (SSSR count). The maximum absolute atomic E-state index is 10.6. The lowest BCUT2D eigenvalue weighted by Crippen LogP contribution is -2.16. The molecule has 1 radical (unpaired) electrons. The third-order valence-electron chi connectivity index (χ3n) is 1.15. The Labute approximate surface area is 90.3 Å². The molecule has 1 aromatic heterocycles. The molecule has 0 amide bonds. The van der Waals surface area contributed by atoms with E-state index in [1.165, 1.54) is 0 Å². The predicted octanol–water partition coefficient (Wildman–Crippen LogP) is -1.82. The highest BCUT2D eigenvalue weighted by Gasteiger charge is 2.15. The Hall–Kier alpha value is -1.37. The Kier molecular flexibility index (Phi) is 3.37. The number of hydrogen-bond acceptors (Lipinski definition) is 8. The summed E-state index contributed by atoms with van der Waals surface area (Å²) >= 11 is 0. The molecule has 16 heavy (non-hydrogen) atoms. The summed E-state index contributed by atoms with van der Waals surface area (Å²) in [6.07, 6.45) is 1.83. The zero-order valence-corrected chi connectivity index (χ0v) is 9.03. The van der Waals surface area contributed by atoms with Crippen LogP contribution >= 0.6 is 0 Å². The van der Waals surface area contributed by atoms with Crippen LogP contribution in [0.15, 0.2) is 5.16 Å². The second-order valence-electron chi connectivity index (χ2n) is 2.42. The third kappa shape index (κ3) is 4.01. The van der Waals surface area contributed by atoms with Crippen LogP contribution in [0.3, 0.4) is 0 Å². The number of rotatable bonds is 4. The minimum atomic E-state index is -4.62. The molecule has 0 aliphatic heterocycles. The van der Waals surface area contributed by atoms with E-state index in [2.05, 4.69) is 15.0 Å². The summed E-state index contributed by atoms with van der Waals surface area (Å²) in [6.45, 7) is 0. The second-order valence-corrected chi connectivity index (χ2v) is 5.19. The first-order valence-electron chi connectivity index (χ1n) is 3.47. The molecule has 89 valence electrons. The van der Waals surface area contributed by atoms with Gasteiger partial charge in [-0.2, -0.15) is 31.8 Å². The molecule has 0 spiro atoms. The normalized spacial score (nSPS) is 12.4. The maximum Gasteiger partial charge on any atom is 0.330 e. The van der Waals surface area contributed by atoms with Gasteiger partial charge in [-0.1, -0.05) is 0 Å². The van der Waals surface area contributed by atoms with Crippen molar-refractivity contribution >= 4 is 26.2 Å². The van der Waals surface area contributed by atoms with Crippen LogP contribution in [0.25, 0.3) is 0 Å². The van der Waals surface area contributed by atoms with Crippen molar-refractivity contribution in [2.45, 2.75) is 5.16 Å². The highest BCUT2D eigenvalue weighted by Crippen LogP contribution is 2.02. The lowest BCUT2D eigenvalue weighted by Gasteiger charge is -2.01. The minimum Gasteiger partial charge on any atom is -0.338 e. The SMILES string of the molecule is O=S(=O)(O)CNc1n[c]nc(S(=O)(=O)O)n1. The molecule has 0 fully saturated rings. The average molecular weight is 269 g/mol. The van der Waals surface area contributed by atoms with Gasteiger partial charge in [-0.25, -0.2) is 0 Å². The third-order valence-corrected chi connectivity index (χ3v) is 2.30. The number of anilines is 1. The summed E-state index contributed by atoms with van der Waals surface area (Å²) in [5.74, 6) is -1.39. The van der Waals surface area contributed by atoms with E-state index < -0.39 is 37.2 Å². The molecule has 0 aliphatic rings. The first-order valence-corrected chi connectivity index (χ1v) is 6.52. The fourth-order valence-electron chi connectivity index (χ4n) is 0.606. The van der Waals surface area contributed by atoms with Crippen LogP contribution in [0, 0.1) is 6.33 Å². The molecule has 0 unspecified atom stereocenters. The van der Waals surface area contributed by atoms with E-state index >= 15 is 0 Å². The highest BCUT2D eigenvalue weighted by molar-refractivity contribution is 7.86. The van der Waals surface area contributed by atoms with Crippen molar-refractivity contribution in [3.63, 3.8) is 0 Å². The molecule has 0 bridgehead atoms. The van der Waals surface area contributed by atoms with E-state index in [0.717, 1.165) is 0 Å². The first-order chi connectivity index (χ1) is 7.18. The molecule has 0 saturated carbocycles. The van der Waals surface area contributed by atoms with Crippen molar-refractivity contribution in [2.75, 3.05) is 11.2 Å². The fraction of sp³-hybridized carbons (Fsp3) is 0.250. The fourth-order valence-corrected chi connectivity index (χ4v) is 1.28. The van der Waals surface area contributed by atoms with Crippen molar-refractivity contribution in [2.24, 2.45) is 0 Å². The standard InChI is InChI=1S/C4H5N4O6S2/c9-15(10,11)2-7-3-5-1-6-4(8-3)16(12,13)14/h2H2,(H,9,10,11)(H,12,13,14)(H,5,6,7,8). The Morgan fingerprint density at radius 1 is 1.19 bits per heavy atom. The van der Waals surface area contributed by atoms with Gasteiger partial charge in [-0.05, 0) is 0 Å². The van der Waals surface area contributed by atoms with Crippen LogP contribution in [-0.2, 0) is 20.2 Å². The molecule has 0 aromatic carbocycles. The van der Waals surface area contributed by atoms with E-state index in [0.29, 0.717) is 0 Å². The molecule has 0 aliphatic carbocycles. The molecule has 1 aromatic rings. The molecule has 0 saturated heterocycles. The van der Waals surface area contributed by atoms with Crippen molar-refractivity contribution in [3.8, 4) is 0 Å². The van der Waals surface area contributed by atoms with Gasteiger partial charge in [0.25, 0.3) is 15.3 Å². The average Bonchev–Trinajstić information content (AvgIpc) is 2.13. The molecular formula is C4H5N4O6S2. The van der Waals surface area contributed by atoms with E-state index in [1.807, 2.05) is 11.6 Å². The smallest absolute Gasteiger partial charge is 0.330 e. The van der Waals surface area contributed by atoms with Gasteiger partial charge < -0.3 is 5.32 Å². The molecular weight excluding hydrogens is 264 g/mol. The lowest BCUT2D eigenvalue weighted by molar-refractivity contribution is 0.473. The van der Waals surface area contributed by atoms with Gasteiger partial charge in [-0.3, -0.25) is 9.11 Å². The second kappa shape index (κ2) is 4.25. The van der Waals surface area contributed by atoms with Gasteiger partial charge in [0.2, 0.25) is 12.3 Å². The van der Waals surface area contributed by atoms with Gasteiger partial charge in [0, 0.05) is 0 Å². The highest BCUT2D eigenvalue weighted by atomic mass is 32.2. The van der Waals surface area contributed by atoms with E-state index in [-0.39, 0.29) is 0 Å². The van der Waals surface area contributed by atoms with E-state index in [9.17, 15) is 16.8 Å². The van der Waals surface area contributed by atoms with Crippen LogP contribution in [-0.4, -0.2) is 46.8 Å². The largest absolute Gasteiger partial charge is 0.338 e. The molecule has 0 atom stereocenters. The number of aromatic nitrogens is 3. The minimum absolute atomic E-state index is 0.472. The van der Waals surface area contributed by atoms with Gasteiger partial charge in [0.1, 0.15) is 5.88 Å². The summed E-state index contributed by atoms with van der Waals surface area (Å²) < 4.78 is 58.7. The number of nitrogens with zero attached hydrogens (tertiary/aromatic N) is 3. The Bertz CT molecular complexity index is 580. The van der Waals surface area contributed by atoms with Gasteiger partial charge in [0.15, 0.2) is 0 Å². The monoisotopic (exact) mass is 269 g/mol. The predicted molar refractivity (Wildman–Crippen MR) is 48.5 cm³/mol. The summed E-state index contributed by atoms with van der Waals surface area (Å²) in [6, 6.07) is 0. The van der Waals surface area contributed by atoms with E-state index in [4.69, 9.17) is 9.11 Å². The van der Waals surface area contributed by atoms with Crippen molar-refractivity contribution < 1.29 is 25.9 Å². The van der Waals surface area contributed by atoms with Crippen molar-refractivity contribution in [1.82, 2.24) is 15.0 Å².